The number of aromatic nitrogens is 1. The van der Waals surface area contributed by atoms with E-state index in [0.29, 0.717) is 0 Å². The highest BCUT2D eigenvalue weighted by atomic mass is 32.2. The summed E-state index contributed by atoms with van der Waals surface area (Å²) in [5.41, 5.74) is 3.54. The number of thiol groups is 2. The standard InChI is InChI=1S/C17H21N5S2/c23-17(24)22-11-9-20(10-12-22)13-5-7-21(8-6-13)16-18-14-3-1-2-4-15(14)19-16/h1-8,16-19H,9-12H2,(H-,23,24)/p+1. The second-order valence-electron chi connectivity index (χ2n) is 6.11. The van der Waals surface area contributed by atoms with Crippen molar-refractivity contribution in [1.82, 2.24) is 4.90 Å². The molecule has 126 valence electrons. The second-order valence-corrected chi connectivity index (χ2v) is 7.50. The van der Waals surface area contributed by atoms with E-state index in [-0.39, 0.29) is 11.0 Å². The third-order valence-electron chi connectivity index (χ3n) is 4.65. The van der Waals surface area contributed by atoms with E-state index >= 15 is 0 Å². The number of hydrogen-bond acceptors (Lipinski definition) is 6. The van der Waals surface area contributed by atoms with Crippen molar-refractivity contribution in [2.45, 2.75) is 11.0 Å². The van der Waals surface area contributed by atoms with Crippen LogP contribution in [0.1, 0.15) is 6.29 Å². The Hall–Kier alpha value is -1.57. The van der Waals surface area contributed by atoms with Crippen LogP contribution in [0.4, 0.5) is 17.1 Å². The quantitative estimate of drug-likeness (QED) is 0.385. The molecule has 2 aliphatic rings. The number of pyridine rings is 1. The molecule has 5 nitrogen and oxygen atoms in total. The molecule has 0 aliphatic carbocycles. The van der Waals surface area contributed by atoms with Gasteiger partial charge >= 0.3 is 6.29 Å². The molecule has 0 bridgehead atoms. The van der Waals surface area contributed by atoms with E-state index in [9.17, 15) is 0 Å². The van der Waals surface area contributed by atoms with Crippen molar-refractivity contribution in [1.29, 1.82) is 0 Å². The number of nitrogens with one attached hydrogen (secondary N) is 2. The van der Waals surface area contributed by atoms with Gasteiger partial charge in [-0.15, -0.1) is 25.3 Å². The molecule has 1 fully saturated rings. The maximum absolute atomic E-state index is 4.40. The Bertz CT molecular complexity index is 673. The van der Waals surface area contributed by atoms with E-state index in [1.165, 1.54) is 5.69 Å². The van der Waals surface area contributed by atoms with Gasteiger partial charge in [0.15, 0.2) is 12.4 Å². The molecule has 1 aromatic carbocycles. The molecule has 3 heterocycles. The molecule has 0 spiro atoms. The van der Waals surface area contributed by atoms with E-state index in [1.807, 2.05) is 12.1 Å². The fourth-order valence-electron chi connectivity index (χ4n) is 3.24. The first-order valence-corrected chi connectivity index (χ1v) is 9.22. The average Bonchev–Trinajstić information content (AvgIpc) is 3.06. The summed E-state index contributed by atoms with van der Waals surface area (Å²) in [7, 11) is 0. The molecule has 2 N–H and O–H groups in total. The first-order chi connectivity index (χ1) is 11.7. The number of hydrogen-bond donors (Lipinski definition) is 4. The van der Waals surface area contributed by atoms with Crippen molar-refractivity contribution in [3.8, 4) is 0 Å². The molecule has 7 heteroatoms. The van der Waals surface area contributed by atoms with Gasteiger partial charge in [0.1, 0.15) is 0 Å². The van der Waals surface area contributed by atoms with Gasteiger partial charge < -0.3 is 15.5 Å². The Morgan fingerprint density at radius 2 is 1.50 bits per heavy atom. The van der Waals surface area contributed by atoms with Gasteiger partial charge in [0.2, 0.25) is 0 Å². The number of fused-ring (bicyclic) bond motifs is 1. The lowest BCUT2D eigenvalue weighted by atomic mass is 10.3. The summed E-state index contributed by atoms with van der Waals surface area (Å²) in [4.78, 5) is 4.68. The van der Waals surface area contributed by atoms with E-state index in [0.717, 1.165) is 37.6 Å². The van der Waals surface area contributed by atoms with E-state index in [2.05, 4.69) is 86.9 Å². The molecule has 1 saturated heterocycles. The van der Waals surface area contributed by atoms with Crippen molar-refractivity contribution in [3.63, 3.8) is 0 Å². The van der Waals surface area contributed by atoms with Crippen molar-refractivity contribution in [3.05, 3.63) is 48.8 Å². The summed E-state index contributed by atoms with van der Waals surface area (Å²) in [5.74, 6) is 0. The predicted molar refractivity (Wildman–Crippen MR) is 105 cm³/mol. The van der Waals surface area contributed by atoms with Crippen LogP contribution in [0.15, 0.2) is 48.8 Å². The molecule has 0 atom stereocenters. The molecule has 2 aliphatic heterocycles. The molecule has 1 aromatic heterocycles. The monoisotopic (exact) mass is 360 g/mol. The highest BCUT2D eigenvalue weighted by molar-refractivity contribution is 7.99. The summed E-state index contributed by atoms with van der Waals surface area (Å²) in [6, 6.07) is 12.6. The summed E-state index contributed by atoms with van der Waals surface area (Å²) < 4.78 is 2.18. The lowest BCUT2D eigenvalue weighted by Gasteiger charge is -2.37. The third kappa shape index (κ3) is 3.16. The fourth-order valence-corrected chi connectivity index (χ4v) is 3.70. The molecule has 0 amide bonds. The lowest BCUT2D eigenvalue weighted by Crippen LogP contribution is -2.48. The second kappa shape index (κ2) is 6.74. The van der Waals surface area contributed by atoms with Crippen molar-refractivity contribution < 1.29 is 4.57 Å². The minimum atomic E-state index is 0.0335. The van der Waals surface area contributed by atoms with Gasteiger partial charge in [-0.05, 0) is 12.1 Å². The zero-order valence-corrected chi connectivity index (χ0v) is 15.1. The number of anilines is 3. The zero-order chi connectivity index (χ0) is 16.5. The molecular weight excluding hydrogens is 338 g/mol. The molecular formula is C17H22N5S2+. The topological polar surface area (TPSA) is 34.4 Å². The minimum absolute atomic E-state index is 0.0335. The van der Waals surface area contributed by atoms with Crippen LogP contribution >= 0.6 is 25.3 Å². The van der Waals surface area contributed by atoms with Crippen LogP contribution in [0.2, 0.25) is 0 Å². The first kappa shape index (κ1) is 15.9. The highest BCUT2D eigenvalue weighted by Crippen LogP contribution is 2.30. The van der Waals surface area contributed by atoms with Crippen LogP contribution in [-0.2, 0) is 0 Å². The van der Waals surface area contributed by atoms with Gasteiger partial charge in [-0.3, -0.25) is 4.90 Å². The smallest absolute Gasteiger partial charge is 0.311 e. The van der Waals surface area contributed by atoms with Crippen LogP contribution < -0.4 is 20.1 Å². The van der Waals surface area contributed by atoms with Crippen LogP contribution in [0, 0.1) is 0 Å². The minimum Gasteiger partial charge on any atom is -0.369 e. The predicted octanol–water partition coefficient (Wildman–Crippen LogP) is 2.23. The van der Waals surface area contributed by atoms with Crippen molar-refractivity contribution >= 4 is 42.3 Å². The van der Waals surface area contributed by atoms with Gasteiger partial charge in [-0.2, -0.15) is 4.57 Å². The Kier molecular flexibility index (Phi) is 4.47. The summed E-state index contributed by atoms with van der Waals surface area (Å²) >= 11 is 8.79. The molecule has 4 rings (SSSR count). The van der Waals surface area contributed by atoms with Crippen molar-refractivity contribution in [2.75, 3.05) is 41.7 Å². The normalized spacial score (nSPS) is 18.4. The van der Waals surface area contributed by atoms with Crippen LogP contribution in [0.3, 0.4) is 0 Å². The Labute approximate surface area is 153 Å². The third-order valence-corrected chi connectivity index (χ3v) is 5.30. The Balaban J connectivity index is 1.41. The summed E-state index contributed by atoms with van der Waals surface area (Å²) in [5, 5.41) is 6.97. The average molecular weight is 361 g/mol. The molecule has 0 saturated carbocycles. The summed E-state index contributed by atoms with van der Waals surface area (Å²) in [6.07, 6.45) is 4.30. The largest absolute Gasteiger partial charge is 0.369 e. The first-order valence-electron chi connectivity index (χ1n) is 8.19. The van der Waals surface area contributed by atoms with Crippen LogP contribution in [0.5, 0.6) is 0 Å². The maximum atomic E-state index is 4.40. The summed E-state index contributed by atoms with van der Waals surface area (Å²) in [6.45, 7) is 4.00. The van der Waals surface area contributed by atoms with Gasteiger partial charge in [-0.25, -0.2) is 0 Å². The van der Waals surface area contributed by atoms with Gasteiger partial charge in [0.25, 0.3) is 0 Å². The number of rotatable bonds is 3. The van der Waals surface area contributed by atoms with Crippen molar-refractivity contribution in [2.24, 2.45) is 0 Å². The van der Waals surface area contributed by atoms with Gasteiger partial charge in [-0.1, -0.05) is 12.1 Å². The number of piperazine rings is 1. The van der Waals surface area contributed by atoms with E-state index < -0.39 is 0 Å². The highest BCUT2D eigenvalue weighted by Gasteiger charge is 2.26. The fraction of sp³-hybridized carbons (Fsp3) is 0.353. The number of nitrogens with zero attached hydrogens (tertiary/aromatic N) is 3. The zero-order valence-electron chi connectivity index (χ0n) is 13.3. The van der Waals surface area contributed by atoms with Crippen LogP contribution in [0.25, 0.3) is 0 Å². The SMILES string of the molecule is SC(S)N1CCN(c2cc[n+](C3Nc4ccccc4N3)cc2)CC1. The molecule has 2 aromatic rings. The Morgan fingerprint density at radius 1 is 0.917 bits per heavy atom. The molecule has 0 unspecified atom stereocenters. The maximum Gasteiger partial charge on any atom is 0.311 e. The molecule has 0 radical (unpaired) electrons. The Morgan fingerprint density at radius 3 is 2.04 bits per heavy atom. The van der Waals surface area contributed by atoms with Gasteiger partial charge in [0.05, 0.1) is 16.1 Å². The number of para-hydroxylation sites is 2. The number of benzene rings is 1. The van der Waals surface area contributed by atoms with Crippen LogP contribution in [-0.4, -0.2) is 35.8 Å². The van der Waals surface area contributed by atoms with Gasteiger partial charge in [0, 0.05) is 44.0 Å². The molecule has 24 heavy (non-hydrogen) atoms. The van der Waals surface area contributed by atoms with E-state index in [1.54, 1.807) is 0 Å². The lowest BCUT2D eigenvalue weighted by molar-refractivity contribution is -0.710. The van der Waals surface area contributed by atoms with E-state index in [4.69, 9.17) is 0 Å².